The highest BCUT2D eigenvalue weighted by Gasteiger charge is 2.72. The van der Waals surface area contributed by atoms with E-state index in [1.165, 1.54) is 51.4 Å². The first-order valence-corrected chi connectivity index (χ1v) is 14.0. The summed E-state index contributed by atoms with van der Waals surface area (Å²) in [5, 5.41) is 0. The van der Waals surface area contributed by atoms with Crippen molar-refractivity contribution < 1.29 is 14.3 Å². The van der Waals surface area contributed by atoms with Crippen LogP contribution in [0.1, 0.15) is 128 Å². The van der Waals surface area contributed by atoms with E-state index in [0.717, 1.165) is 75.7 Å². The van der Waals surface area contributed by atoms with Crippen LogP contribution >= 0.6 is 0 Å². The predicted octanol–water partition coefficient (Wildman–Crippen LogP) is 7.95. The van der Waals surface area contributed by atoms with Gasteiger partial charge in [-0.25, -0.2) is 0 Å². The number of rotatable bonds is 11. The van der Waals surface area contributed by atoms with Gasteiger partial charge in [0.2, 0.25) is 0 Å². The van der Waals surface area contributed by atoms with E-state index in [1.54, 1.807) is 0 Å². The largest absolute Gasteiger partial charge is 0.494 e. The topological polar surface area (TPSA) is 43.4 Å². The lowest BCUT2D eigenvalue weighted by Crippen LogP contribution is -2.69. The number of unbranched alkanes of at least 4 members (excludes halogenated alkanes) is 7. The molecule has 1 aromatic rings. The van der Waals surface area contributed by atoms with E-state index in [1.807, 2.05) is 12.1 Å². The van der Waals surface area contributed by atoms with E-state index in [4.69, 9.17) is 4.74 Å². The van der Waals surface area contributed by atoms with Crippen molar-refractivity contribution in [2.75, 3.05) is 6.61 Å². The minimum Gasteiger partial charge on any atom is -0.494 e. The number of hydrogen-bond acceptors (Lipinski definition) is 3. The van der Waals surface area contributed by atoms with Crippen molar-refractivity contribution in [3.8, 4) is 5.75 Å². The monoisotopic (exact) mass is 452 g/mol. The Morgan fingerprint density at radius 3 is 2.03 bits per heavy atom. The molecule has 0 saturated heterocycles. The second kappa shape index (κ2) is 11.2. The molecule has 3 aliphatic carbocycles. The van der Waals surface area contributed by atoms with Crippen molar-refractivity contribution >= 4 is 11.6 Å². The van der Waals surface area contributed by atoms with Crippen molar-refractivity contribution in [2.45, 2.75) is 122 Å². The molecule has 1 unspecified atom stereocenters. The predicted molar refractivity (Wildman–Crippen MR) is 134 cm³/mol. The van der Waals surface area contributed by atoms with Gasteiger partial charge in [0.15, 0.2) is 11.6 Å². The van der Waals surface area contributed by atoms with Crippen LogP contribution in [0.3, 0.4) is 0 Å². The molecular formula is C30H44O3. The van der Waals surface area contributed by atoms with Gasteiger partial charge in [-0.15, -0.1) is 0 Å². The van der Waals surface area contributed by atoms with Crippen LogP contribution in [0, 0.1) is 10.8 Å². The molecule has 2 spiro atoms. The third-order valence-corrected chi connectivity index (χ3v) is 8.84. The Balaban J connectivity index is 1.30. The maximum Gasteiger partial charge on any atom is 0.160 e. The Labute approximate surface area is 201 Å². The van der Waals surface area contributed by atoms with Gasteiger partial charge >= 0.3 is 0 Å². The van der Waals surface area contributed by atoms with Crippen molar-refractivity contribution in [3.63, 3.8) is 0 Å². The molecule has 1 atom stereocenters. The Bertz CT molecular complexity index is 769. The van der Waals surface area contributed by atoms with Crippen LogP contribution in [0.25, 0.3) is 0 Å². The van der Waals surface area contributed by atoms with E-state index >= 15 is 0 Å². The van der Waals surface area contributed by atoms with Gasteiger partial charge in [-0.1, -0.05) is 96.1 Å². The zero-order valence-corrected chi connectivity index (χ0v) is 20.8. The molecule has 3 aliphatic rings. The maximum absolute atomic E-state index is 13.6. The Morgan fingerprint density at radius 2 is 1.36 bits per heavy atom. The number of hydrogen-bond donors (Lipinski definition) is 0. The highest BCUT2D eigenvalue weighted by molar-refractivity contribution is 6.31. The minimum absolute atomic E-state index is 0.0561. The zero-order valence-electron chi connectivity index (χ0n) is 20.8. The summed E-state index contributed by atoms with van der Waals surface area (Å²) in [5.41, 5.74) is -0.191. The summed E-state index contributed by atoms with van der Waals surface area (Å²) < 4.78 is 5.98. The summed E-state index contributed by atoms with van der Waals surface area (Å²) in [5.74, 6) is 1.54. The van der Waals surface area contributed by atoms with Gasteiger partial charge < -0.3 is 4.74 Å². The molecule has 0 amide bonds. The van der Waals surface area contributed by atoms with E-state index in [0.29, 0.717) is 11.6 Å². The Morgan fingerprint density at radius 1 is 0.758 bits per heavy atom. The van der Waals surface area contributed by atoms with Crippen LogP contribution in [0.15, 0.2) is 24.3 Å². The van der Waals surface area contributed by atoms with Crippen molar-refractivity contribution in [2.24, 2.45) is 10.8 Å². The van der Waals surface area contributed by atoms with Gasteiger partial charge in [0.1, 0.15) is 5.75 Å². The van der Waals surface area contributed by atoms with Crippen molar-refractivity contribution in [3.05, 3.63) is 29.8 Å². The number of ether oxygens (including phenoxy) is 1. The summed E-state index contributed by atoms with van der Waals surface area (Å²) in [6.07, 6.45) is 19.0. The summed E-state index contributed by atoms with van der Waals surface area (Å²) in [6.45, 7) is 3.02. The van der Waals surface area contributed by atoms with Gasteiger partial charge in [-0.05, 0) is 49.8 Å². The van der Waals surface area contributed by atoms with Gasteiger partial charge in [-0.3, -0.25) is 9.59 Å². The van der Waals surface area contributed by atoms with Gasteiger partial charge in [0, 0.05) is 5.92 Å². The van der Waals surface area contributed by atoms with E-state index < -0.39 is 10.8 Å². The lowest BCUT2D eigenvalue weighted by Gasteiger charge is -2.58. The number of carbonyl (C=O) groups excluding carboxylic acids is 2. The van der Waals surface area contributed by atoms with Gasteiger partial charge in [0.05, 0.1) is 17.4 Å². The van der Waals surface area contributed by atoms with Crippen molar-refractivity contribution in [1.82, 2.24) is 0 Å². The lowest BCUT2D eigenvalue weighted by molar-refractivity contribution is -0.179. The smallest absolute Gasteiger partial charge is 0.160 e. The highest BCUT2D eigenvalue weighted by atomic mass is 16.5. The van der Waals surface area contributed by atoms with Gasteiger partial charge in [-0.2, -0.15) is 0 Å². The second-order valence-corrected chi connectivity index (χ2v) is 11.0. The molecule has 4 rings (SSSR count). The number of benzene rings is 1. The fourth-order valence-electron chi connectivity index (χ4n) is 7.00. The molecule has 0 radical (unpaired) electrons. The molecule has 0 bridgehead atoms. The zero-order chi connectivity index (χ0) is 23.2. The standard InChI is InChI=1S/C30H44O3/c1-2-3-4-5-6-7-8-14-23-33-25-18-16-24(17-19-25)26-15-10-13-22-30(26)27(31)29(28(30)32)20-11-9-12-21-29/h16-19,26H,2-15,20-23H2,1H3. The number of ketones is 2. The minimum atomic E-state index is -0.727. The third-order valence-electron chi connectivity index (χ3n) is 8.84. The molecular weight excluding hydrogens is 408 g/mol. The molecule has 1 aromatic carbocycles. The normalized spacial score (nSPS) is 23.6. The molecule has 182 valence electrons. The molecule has 3 fully saturated rings. The van der Waals surface area contributed by atoms with E-state index in [2.05, 4.69) is 19.1 Å². The van der Waals surface area contributed by atoms with E-state index in [9.17, 15) is 9.59 Å². The molecule has 0 heterocycles. The molecule has 3 nitrogen and oxygen atoms in total. The highest BCUT2D eigenvalue weighted by Crippen LogP contribution is 2.64. The first kappa shape index (κ1) is 24.5. The SMILES string of the molecule is CCCCCCCCCCOc1ccc(C2CCCCC23C(=O)C2(CCCCC2)C3=O)cc1. The molecule has 3 heteroatoms. The average Bonchev–Trinajstić information content (AvgIpc) is 2.88. The number of carbonyl (C=O) groups is 2. The van der Waals surface area contributed by atoms with E-state index in [-0.39, 0.29) is 5.92 Å². The molecule has 0 aliphatic heterocycles. The summed E-state index contributed by atoms with van der Waals surface area (Å²) in [6, 6.07) is 8.33. The number of Topliss-reactive ketones (excluding diaryl/α,β-unsaturated/α-hetero) is 2. The molecule has 33 heavy (non-hydrogen) atoms. The molecule has 0 N–H and O–H groups in total. The average molecular weight is 453 g/mol. The Kier molecular flexibility index (Phi) is 8.30. The first-order chi connectivity index (χ1) is 16.1. The maximum atomic E-state index is 13.6. The summed E-state index contributed by atoms with van der Waals surface area (Å²) >= 11 is 0. The van der Waals surface area contributed by atoms with Crippen molar-refractivity contribution in [1.29, 1.82) is 0 Å². The summed E-state index contributed by atoms with van der Waals surface area (Å²) in [4.78, 5) is 27.3. The second-order valence-electron chi connectivity index (χ2n) is 11.0. The summed E-state index contributed by atoms with van der Waals surface area (Å²) in [7, 11) is 0. The van der Waals surface area contributed by atoms with Crippen LogP contribution in [-0.2, 0) is 9.59 Å². The Hall–Kier alpha value is -1.64. The first-order valence-electron chi connectivity index (χ1n) is 14.0. The third kappa shape index (κ3) is 4.80. The fraction of sp³-hybridized carbons (Fsp3) is 0.733. The fourth-order valence-corrected chi connectivity index (χ4v) is 7.00. The molecule has 3 saturated carbocycles. The van der Waals surface area contributed by atoms with Crippen LogP contribution in [0.4, 0.5) is 0 Å². The van der Waals surface area contributed by atoms with Gasteiger partial charge in [0.25, 0.3) is 0 Å². The molecule has 0 aromatic heterocycles. The van der Waals surface area contributed by atoms with Crippen LogP contribution in [0.2, 0.25) is 0 Å². The van der Waals surface area contributed by atoms with Crippen LogP contribution in [-0.4, -0.2) is 18.2 Å². The van der Waals surface area contributed by atoms with Crippen LogP contribution in [0.5, 0.6) is 5.75 Å². The lowest BCUT2D eigenvalue weighted by atomic mass is 9.40. The van der Waals surface area contributed by atoms with Crippen LogP contribution < -0.4 is 4.74 Å². The quantitative estimate of drug-likeness (QED) is 0.253.